The van der Waals surface area contributed by atoms with Gasteiger partial charge in [-0.15, -0.1) is 0 Å². The van der Waals surface area contributed by atoms with Gasteiger partial charge in [-0.25, -0.2) is 18.7 Å². The molecule has 0 aliphatic carbocycles. The summed E-state index contributed by atoms with van der Waals surface area (Å²) in [5, 5.41) is 2.84. The second-order valence-corrected chi connectivity index (χ2v) is 6.93. The molecule has 1 N–H and O–H groups in total. The molecule has 0 unspecified atom stereocenters. The van der Waals surface area contributed by atoms with Crippen molar-refractivity contribution in [1.82, 2.24) is 14.9 Å². The average molecular weight is 394 g/mol. The number of carbonyl (C=O) groups excluding carboxylic acids is 1. The van der Waals surface area contributed by atoms with Crippen molar-refractivity contribution in [2.24, 2.45) is 0 Å². The van der Waals surface area contributed by atoms with Crippen LogP contribution in [0, 0.1) is 11.6 Å². The van der Waals surface area contributed by atoms with E-state index in [1.807, 2.05) is 30.3 Å². The van der Waals surface area contributed by atoms with Crippen LogP contribution in [0.5, 0.6) is 0 Å². The molecule has 0 radical (unpaired) electrons. The summed E-state index contributed by atoms with van der Waals surface area (Å²) in [7, 11) is 0. The quantitative estimate of drug-likeness (QED) is 0.691. The van der Waals surface area contributed by atoms with Crippen LogP contribution in [0.25, 0.3) is 11.4 Å². The minimum Gasteiger partial charge on any atom is -0.338 e. The van der Waals surface area contributed by atoms with Gasteiger partial charge in [0.2, 0.25) is 0 Å². The van der Waals surface area contributed by atoms with E-state index < -0.39 is 11.6 Å². The van der Waals surface area contributed by atoms with Crippen molar-refractivity contribution >= 4 is 17.4 Å². The third kappa shape index (κ3) is 4.39. The molecule has 0 spiro atoms. The molecule has 2 heterocycles. The van der Waals surface area contributed by atoms with Crippen LogP contribution in [-0.2, 0) is 0 Å². The third-order valence-electron chi connectivity index (χ3n) is 4.81. The van der Waals surface area contributed by atoms with Gasteiger partial charge in [-0.05, 0) is 31.4 Å². The molecule has 7 heteroatoms. The first-order chi connectivity index (χ1) is 14.1. The van der Waals surface area contributed by atoms with Crippen molar-refractivity contribution in [2.75, 3.05) is 18.4 Å². The molecule has 5 nitrogen and oxygen atoms in total. The van der Waals surface area contributed by atoms with Gasteiger partial charge in [-0.2, -0.15) is 0 Å². The lowest BCUT2D eigenvalue weighted by molar-refractivity contribution is 0.0718. The number of rotatable bonds is 4. The molecular weight excluding hydrogens is 374 g/mol. The van der Waals surface area contributed by atoms with Gasteiger partial charge < -0.3 is 10.2 Å². The molecule has 4 rings (SSSR count). The van der Waals surface area contributed by atoms with E-state index in [0.717, 1.165) is 37.0 Å². The maximum Gasteiger partial charge on any atom is 0.272 e. The monoisotopic (exact) mass is 394 g/mol. The lowest BCUT2D eigenvalue weighted by atomic mass is 10.1. The summed E-state index contributed by atoms with van der Waals surface area (Å²) in [6.07, 6.45) is 3.04. The van der Waals surface area contributed by atoms with E-state index in [1.165, 1.54) is 12.1 Å². The second kappa shape index (κ2) is 8.34. The lowest BCUT2D eigenvalue weighted by Gasteiger charge is -2.26. The molecule has 0 saturated carbocycles. The molecule has 148 valence electrons. The minimum absolute atomic E-state index is 0.0699. The molecule has 1 aliphatic heterocycles. The molecule has 1 amide bonds. The van der Waals surface area contributed by atoms with Gasteiger partial charge in [0, 0.05) is 30.8 Å². The fraction of sp³-hybridized carbons (Fsp3) is 0.227. The summed E-state index contributed by atoms with van der Waals surface area (Å²) in [4.78, 5) is 23.7. The van der Waals surface area contributed by atoms with Gasteiger partial charge >= 0.3 is 0 Å². The molecule has 0 atom stereocenters. The van der Waals surface area contributed by atoms with Crippen molar-refractivity contribution in [3.63, 3.8) is 0 Å². The van der Waals surface area contributed by atoms with Crippen molar-refractivity contribution in [1.29, 1.82) is 0 Å². The Labute approximate surface area is 167 Å². The summed E-state index contributed by atoms with van der Waals surface area (Å²) in [6, 6.07) is 14.0. The van der Waals surface area contributed by atoms with Crippen LogP contribution in [-0.4, -0.2) is 33.9 Å². The highest BCUT2D eigenvalue weighted by atomic mass is 19.1. The summed E-state index contributed by atoms with van der Waals surface area (Å²) in [5.41, 5.74) is 1.05. The summed E-state index contributed by atoms with van der Waals surface area (Å²) < 4.78 is 27.3. The summed E-state index contributed by atoms with van der Waals surface area (Å²) in [5.74, 6) is -0.953. The van der Waals surface area contributed by atoms with Crippen LogP contribution in [0.4, 0.5) is 20.3 Å². The van der Waals surface area contributed by atoms with Crippen LogP contribution in [0.3, 0.4) is 0 Å². The van der Waals surface area contributed by atoms with E-state index in [1.54, 1.807) is 4.90 Å². The molecule has 1 aliphatic rings. The fourth-order valence-electron chi connectivity index (χ4n) is 3.32. The zero-order chi connectivity index (χ0) is 20.2. The van der Waals surface area contributed by atoms with Crippen molar-refractivity contribution < 1.29 is 13.6 Å². The topological polar surface area (TPSA) is 58.1 Å². The lowest BCUT2D eigenvalue weighted by Crippen LogP contribution is -2.36. The van der Waals surface area contributed by atoms with E-state index >= 15 is 0 Å². The second-order valence-electron chi connectivity index (χ2n) is 6.93. The third-order valence-corrected chi connectivity index (χ3v) is 4.81. The minimum atomic E-state index is -0.742. The Bertz CT molecular complexity index is 1020. The van der Waals surface area contributed by atoms with E-state index in [2.05, 4.69) is 15.3 Å². The number of halogens is 2. The Morgan fingerprint density at radius 2 is 1.69 bits per heavy atom. The fourth-order valence-corrected chi connectivity index (χ4v) is 3.32. The molecule has 1 fully saturated rings. The Balaban J connectivity index is 1.72. The van der Waals surface area contributed by atoms with E-state index in [9.17, 15) is 13.6 Å². The van der Waals surface area contributed by atoms with E-state index in [-0.39, 0.29) is 23.1 Å². The van der Waals surface area contributed by atoms with Gasteiger partial charge in [0.25, 0.3) is 5.91 Å². The van der Waals surface area contributed by atoms with Gasteiger partial charge in [-0.1, -0.05) is 30.3 Å². The molecule has 29 heavy (non-hydrogen) atoms. The van der Waals surface area contributed by atoms with E-state index in [4.69, 9.17) is 0 Å². The number of likely N-dealkylation sites (tertiary alicyclic amines) is 1. The Kier molecular flexibility index (Phi) is 5.46. The highest BCUT2D eigenvalue weighted by Gasteiger charge is 2.21. The number of benzene rings is 2. The van der Waals surface area contributed by atoms with Gasteiger partial charge in [0.15, 0.2) is 5.82 Å². The summed E-state index contributed by atoms with van der Waals surface area (Å²) >= 11 is 0. The average Bonchev–Trinajstić information content (AvgIpc) is 2.76. The first kappa shape index (κ1) is 19.0. The van der Waals surface area contributed by atoms with Gasteiger partial charge in [0.1, 0.15) is 23.1 Å². The maximum atomic E-state index is 14.1. The normalized spacial score (nSPS) is 13.9. The number of amides is 1. The number of piperidine rings is 1. The highest BCUT2D eigenvalue weighted by molar-refractivity contribution is 5.93. The van der Waals surface area contributed by atoms with Crippen molar-refractivity contribution in [3.8, 4) is 11.4 Å². The first-order valence-corrected chi connectivity index (χ1v) is 9.56. The molecular formula is C22H20F2N4O. The molecule has 0 bridgehead atoms. The van der Waals surface area contributed by atoms with Crippen molar-refractivity contribution in [2.45, 2.75) is 19.3 Å². The smallest absolute Gasteiger partial charge is 0.272 e. The summed E-state index contributed by atoms with van der Waals surface area (Å²) in [6.45, 7) is 1.39. The number of hydrogen-bond donors (Lipinski definition) is 1. The van der Waals surface area contributed by atoms with Crippen LogP contribution >= 0.6 is 0 Å². The van der Waals surface area contributed by atoms with E-state index in [0.29, 0.717) is 18.9 Å². The van der Waals surface area contributed by atoms with Crippen LogP contribution in [0.2, 0.25) is 0 Å². The van der Waals surface area contributed by atoms with Crippen LogP contribution in [0.1, 0.15) is 29.8 Å². The first-order valence-electron chi connectivity index (χ1n) is 9.56. The maximum absolute atomic E-state index is 14.1. The number of anilines is 2. The highest BCUT2D eigenvalue weighted by Crippen LogP contribution is 2.24. The van der Waals surface area contributed by atoms with Gasteiger partial charge in [0.05, 0.1) is 5.69 Å². The number of nitrogens with one attached hydrogen (secondary N) is 1. The number of nitrogens with zero attached hydrogens (tertiary/aromatic N) is 3. The number of carbonyl (C=O) groups is 1. The Morgan fingerprint density at radius 3 is 2.41 bits per heavy atom. The predicted octanol–water partition coefficient (Wildman–Crippen LogP) is 4.79. The SMILES string of the molecule is O=C(c1cc(Nc2ccc(F)cc2F)nc(-c2ccccc2)n1)N1CCCCC1. The standard InChI is InChI=1S/C22H20F2N4O/c23-16-9-10-18(17(24)13-16)25-20-14-19(22(29)28-11-5-2-6-12-28)26-21(27-20)15-7-3-1-4-8-15/h1,3-4,7-10,13-14H,2,5-6,11-12H2,(H,25,26,27). The molecule has 2 aromatic carbocycles. The Morgan fingerprint density at radius 1 is 0.931 bits per heavy atom. The zero-order valence-electron chi connectivity index (χ0n) is 15.7. The molecule has 3 aromatic rings. The van der Waals surface area contributed by atoms with Gasteiger partial charge in [-0.3, -0.25) is 4.79 Å². The van der Waals surface area contributed by atoms with Crippen molar-refractivity contribution in [3.05, 3.63) is 71.9 Å². The number of aromatic nitrogens is 2. The number of hydrogen-bond acceptors (Lipinski definition) is 4. The van der Waals surface area contributed by atoms with Crippen LogP contribution < -0.4 is 5.32 Å². The Hall–Kier alpha value is -3.35. The molecule has 1 aromatic heterocycles. The molecule has 1 saturated heterocycles. The largest absolute Gasteiger partial charge is 0.338 e. The zero-order valence-corrected chi connectivity index (χ0v) is 15.7. The van der Waals surface area contributed by atoms with Crippen LogP contribution in [0.15, 0.2) is 54.6 Å². The predicted molar refractivity (Wildman–Crippen MR) is 107 cm³/mol.